The molecule has 1 unspecified atom stereocenters. The Kier molecular flexibility index (Phi) is 5.28. The minimum Gasteiger partial charge on any atom is -0.327 e. The van der Waals surface area contributed by atoms with Crippen molar-refractivity contribution in [3.8, 4) is 0 Å². The molecule has 1 aliphatic rings. The number of rotatable bonds is 5. The predicted molar refractivity (Wildman–Crippen MR) is 95.9 cm³/mol. The molecule has 146 valence electrons. The molecule has 0 bridgehead atoms. The molecular formula is C19H21F4N3O. The number of hydrogen-bond acceptors (Lipinski definition) is 3. The fourth-order valence-electron chi connectivity index (χ4n) is 3.60. The summed E-state index contributed by atoms with van der Waals surface area (Å²) in [5.41, 5.74) is -0.843. The molecule has 1 aromatic heterocycles. The lowest BCUT2D eigenvalue weighted by atomic mass is 9.85. The van der Waals surface area contributed by atoms with Crippen LogP contribution in [0, 0.1) is 5.82 Å². The second-order valence-corrected chi connectivity index (χ2v) is 6.59. The fraction of sp³-hybridized carbons (Fsp3) is 0.421. The van der Waals surface area contributed by atoms with E-state index in [9.17, 15) is 22.4 Å². The van der Waals surface area contributed by atoms with Crippen LogP contribution in [-0.4, -0.2) is 23.9 Å². The van der Waals surface area contributed by atoms with E-state index < -0.39 is 23.5 Å². The lowest BCUT2D eigenvalue weighted by Gasteiger charge is -2.38. The van der Waals surface area contributed by atoms with E-state index in [1.54, 1.807) is 0 Å². The number of anilines is 2. The minimum absolute atomic E-state index is 0.0580. The molecule has 4 nitrogen and oxygen atoms in total. The highest BCUT2D eigenvalue weighted by Crippen LogP contribution is 2.50. The monoisotopic (exact) mass is 383 g/mol. The van der Waals surface area contributed by atoms with E-state index in [1.807, 2.05) is 13.8 Å². The van der Waals surface area contributed by atoms with Crippen LogP contribution in [0.5, 0.6) is 0 Å². The van der Waals surface area contributed by atoms with Gasteiger partial charge in [-0.2, -0.15) is 13.2 Å². The van der Waals surface area contributed by atoms with Gasteiger partial charge >= 0.3 is 6.18 Å². The summed E-state index contributed by atoms with van der Waals surface area (Å²) in [5, 5.41) is 3.26. The average Bonchev–Trinajstić information content (AvgIpc) is 2.60. The predicted octanol–water partition coefficient (Wildman–Crippen LogP) is 4.40. The Bertz CT molecular complexity index is 874. The van der Waals surface area contributed by atoms with Crippen LogP contribution in [0.1, 0.15) is 43.7 Å². The van der Waals surface area contributed by atoms with Crippen molar-refractivity contribution < 1.29 is 17.6 Å². The van der Waals surface area contributed by atoms with Crippen LogP contribution < -0.4 is 15.8 Å². The minimum atomic E-state index is -4.65. The van der Waals surface area contributed by atoms with Crippen molar-refractivity contribution in [2.45, 2.75) is 44.8 Å². The van der Waals surface area contributed by atoms with Crippen molar-refractivity contribution in [3.63, 3.8) is 0 Å². The molecular weight excluding hydrogens is 362 g/mol. The summed E-state index contributed by atoms with van der Waals surface area (Å²) < 4.78 is 55.3. The Labute approximate surface area is 154 Å². The SMILES string of the molecule is CCC(CC)NCN1c2ccc(F)cc2C(C(F)(F)F)c2cc[nH]c(=O)c21. The summed E-state index contributed by atoms with van der Waals surface area (Å²) in [6.07, 6.45) is -1.79. The third kappa shape index (κ3) is 3.58. The first kappa shape index (κ1) is 19.4. The van der Waals surface area contributed by atoms with Gasteiger partial charge in [-0.3, -0.25) is 10.1 Å². The Morgan fingerprint density at radius 1 is 1.19 bits per heavy atom. The van der Waals surface area contributed by atoms with Crippen molar-refractivity contribution >= 4 is 11.4 Å². The van der Waals surface area contributed by atoms with Crippen molar-refractivity contribution in [2.24, 2.45) is 0 Å². The van der Waals surface area contributed by atoms with Crippen molar-refractivity contribution in [1.29, 1.82) is 0 Å². The van der Waals surface area contributed by atoms with E-state index >= 15 is 0 Å². The molecule has 0 saturated heterocycles. The number of nitrogens with zero attached hydrogens (tertiary/aromatic N) is 1. The zero-order valence-electron chi connectivity index (χ0n) is 15.0. The molecule has 1 aromatic carbocycles. The number of halogens is 4. The van der Waals surface area contributed by atoms with Gasteiger partial charge in [0.2, 0.25) is 0 Å². The molecule has 0 fully saturated rings. The van der Waals surface area contributed by atoms with Crippen molar-refractivity contribution in [1.82, 2.24) is 10.3 Å². The van der Waals surface area contributed by atoms with Gasteiger partial charge in [0.1, 0.15) is 17.4 Å². The highest BCUT2D eigenvalue weighted by atomic mass is 19.4. The number of pyridine rings is 1. The van der Waals surface area contributed by atoms with Gasteiger partial charge in [0.15, 0.2) is 0 Å². The summed E-state index contributed by atoms with van der Waals surface area (Å²) >= 11 is 0. The van der Waals surface area contributed by atoms with Crippen LogP contribution in [0.4, 0.5) is 28.9 Å². The van der Waals surface area contributed by atoms with E-state index in [-0.39, 0.29) is 35.2 Å². The molecule has 8 heteroatoms. The summed E-state index contributed by atoms with van der Waals surface area (Å²) in [5.74, 6) is -2.80. The molecule has 3 rings (SSSR count). The summed E-state index contributed by atoms with van der Waals surface area (Å²) in [4.78, 5) is 16.4. The molecule has 2 aromatic rings. The fourth-order valence-corrected chi connectivity index (χ4v) is 3.60. The number of H-pyrrole nitrogens is 1. The zero-order valence-corrected chi connectivity index (χ0v) is 15.0. The van der Waals surface area contributed by atoms with Crippen LogP contribution in [-0.2, 0) is 0 Å². The van der Waals surface area contributed by atoms with Gasteiger partial charge in [0.25, 0.3) is 5.56 Å². The second-order valence-electron chi connectivity index (χ2n) is 6.59. The van der Waals surface area contributed by atoms with Gasteiger partial charge in [0, 0.05) is 17.9 Å². The molecule has 0 saturated carbocycles. The standard InChI is InChI=1S/C19H21F4N3O/c1-3-12(4-2)25-10-26-15-6-5-11(20)9-14(15)16(19(21,22)23)13-7-8-24-18(27)17(13)26/h5-9,12,16,25H,3-4,10H2,1-2H3,(H,24,27). The van der Waals surface area contributed by atoms with Crippen molar-refractivity contribution in [2.75, 3.05) is 11.6 Å². The first-order chi connectivity index (χ1) is 12.8. The number of alkyl halides is 3. The number of aromatic amines is 1. The van der Waals surface area contributed by atoms with Crippen LogP contribution in [0.25, 0.3) is 0 Å². The van der Waals surface area contributed by atoms with Gasteiger partial charge in [-0.25, -0.2) is 4.39 Å². The summed E-state index contributed by atoms with van der Waals surface area (Å²) in [7, 11) is 0. The molecule has 1 aliphatic heterocycles. The van der Waals surface area contributed by atoms with Gasteiger partial charge < -0.3 is 9.88 Å². The lowest BCUT2D eigenvalue weighted by molar-refractivity contribution is -0.141. The largest absolute Gasteiger partial charge is 0.399 e. The first-order valence-electron chi connectivity index (χ1n) is 8.86. The van der Waals surface area contributed by atoms with E-state index in [4.69, 9.17) is 0 Å². The maximum absolute atomic E-state index is 13.8. The highest BCUT2D eigenvalue weighted by molar-refractivity contribution is 5.75. The summed E-state index contributed by atoms with van der Waals surface area (Å²) in [6.45, 7) is 4.15. The molecule has 0 aliphatic carbocycles. The Hall–Kier alpha value is -2.35. The molecule has 2 heterocycles. The molecule has 0 spiro atoms. The number of hydrogen-bond donors (Lipinski definition) is 2. The number of aromatic nitrogens is 1. The van der Waals surface area contributed by atoms with Gasteiger partial charge in [-0.05, 0) is 48.2 Å². The average molecular weight is 383 g/mol. The second kappa shape index (κ2) is 7.34. The number of nitrogens with one attached hydrogen (secondary N) is 2. The van der Waals surface area contributed by atoms with Gasteiger partial charge in [-0.1, -0.05) is 13.8 Å². The van der Waals surface area contributed by atoms with Crippen LogP contribution in [0.15, 0.2) is 35.3 Å². The first-order valence-corrected chi connectivity index (χ1v) is 8.86. The van der Waals surface area contributed by atoms with Gasteiger partial charge in [0.05, 0.1) is 6.67 Å². The summed E-state index contributed by atoms with van der Waals surface area (Å²) in [6, 6.07) is 4.71. The number of fused-ring (bicyclic) bond motifs is 2. The maximum atomic E-state index is 13.8. The molecule has 0 radical (unpaired) electrons. The van der Waals surface area contributed by atoms with Crippen molar-refractivity contribution in [3.05, 3.63) is 57.8 Å². The van der Waals surface area contributed by atoms with E-state index in [2.05, 4.69) is 10.3 Å². The maximum Gasteiger partial charge on any atom is 0.399 e. The molecule has 27 heavy (non-hydrogen) atoms. The quantitative estimate of drug-likeness (QED) is 0.753. The Morgan fingerprint density at radius 3 is 2.52 bits per heavy atom. The van der Waals surface area contributed by atoms with Gasteiger partial charge in [-0.15, -0.1) is 0 Å². The van der Waals surface area contributed by atoms with Crippen LogP contribution >= 0.6 is 0 Å². The smallest absolute Gasteiger partial charge is 0.327 e. The van der Waals surface area contributed by atoms with E-state index in [0.717, 1.165) is 25.0 Å². The normalized spacial score (nSPS) is 16.4. The van der Waals surface area contributed by atoms with E-state index in [0.29, 0.717) is 0 Å². The van der Waals surface area contributed by atoms with Crippen LogP contribution in [0.3, 0.4) is 0 Å². The molecule has 0 amide bonds. The molecule has 1 atom stereocenters. The molecule has 2 N–H and O–H groups in total. The third-order valence-corrected chi connectivity index (χ3v) is 4.99. The topological polar surface area (TPSA) is 48.1 Å². The van der Waals surface area contributed by atoms with Crippen LogP contribution in [0.2, 0.25) is 0 Å². The zero-order chi connectivity index (χ0) is 19.8. The third-order valence-electron chi connectivity index (χ3n) is 4.99. The lowest BCUT2D eigenvalue weighted by Crippen LogP contribution is -2.43. The Balaban J connectivity index is 2.18. The highest BCUT2D eigenvalue weighted by Gasteiger charge is 2.48. The number of benzene rings is 1. The Morgan fingerprint density at radius 2 is 1.89 bits per heavy atom. The van der Waals surface area contributed by atoms with E-state index in [1.165, 1.54) is 23.2 Å².